The quantitative estimate of drug-likeness (QED) is 0.363. The molecule has 0 fully saturated rings. The van der Waals surface area contributed by atoms with E-state index in [1.165, 1.54) is 0 Å². The van der Waals surface area contributed by atoms with Crippen LogP contribution in [0, 0.1) is 0 Å². The van der Waals surface area contributed by atoms with Crippen LogP contribution in [0.5, 0.6) is 0 Å². The number of carboxylic acids is 4. The van der Waals surface area contributed by atoms with E-state index in [-0.39, 0.29) is 46.0 Å². The molecule has 0 atom stereocenters. The zero-order valence-electron chi connectivity index (χ0n) is 12.7. The molecule has 0 rings (SSSR count). The molecule has 0 aliphatic rings. The van der Waals surface area contributed by atoms with Crippen LogP contribution in [0.4, 0.5) is 0 Å². The normalized spacial score (nSPS) is 9.92. The van der Waals surface area contributed by atoms with Gasteiger partial charge in [0.1, 0.15) is 0 Å². The van der Waals surface area contributed by atoms with Crippen LogP contribution in [0.15, 0.2) is 0 Å². The van der Waals surface area contributed by atoms with Crippen molar-refractivity contribution in [1.29, 1.82) is 0 Å². The van der Waals surface area contributed by atoms with Crippen LogP contribution in [0.1, 0.15) is 25.7 Å². The molecule has 13 nitrogen and oxygen atoms in total. The van der Waals surface area contributed by atoms with Gasteiger partial charge in [-0.05, 0) is 0 Å². The first-order valence-electron chi connectivity index (χ1n) is 5.29. The van der Waals surface area contributed by atoms with Gasteiger partial charge in [-0.2, -0.15) is 0 Å². The summed E-state index contributed by atoms with van der Waals surface area (Å²) in [6.45, 7) is 0. The molecule has 24 heavy (non-hydrogen) atoms. The molecule has 0 spiro atoms. The minimum atomic E-state index is -2.43. The molecule has 10 N–H and O–H groups in total. The SMILES string of the molecule is NC(CC(=O)[O-])(CC(=O)[O-])C(N)(CC(=O)[O-])CC(=O)[O-].O.O.O.[Na+]. The summed E-state index contributed by atoms with van der Waals surface area (Å²) in [5, 5.41) is 42.5. The van der Waals surface area contributed by atoms with Gasteiger partial charge >= 0.3 is 29.6 Å². The molecule has 0 radical (unpaired) electrons. The van der Waals surface area contributed by atoms with Crippen molar-refractivity contribution in [1.82, 2.24) is 0 Å². The average molecular weight is 365 g/mol. The fourth-order valence-corrected chi connectivity index (χ4v) is 1.86. The first kappa shape index (κ1) is 34.1. The summed E-state index contributed by atoms with van der Waals surface area (Å²) in [7, 11) is 0. The van der Waals surface area contributed by atoms with E-state index >= 15 is 0 Å². The smallest absolute Gasteiger partial charge is 0.550 e. The van der Waals surface area contributed by atoms with E-state index in [1.807, 2.05) is 0 Å². The Balaban J connectivity index is -0.000000301. The summed E-state index contributed by atoms with van der Waals surface area (Å²) in [4.78, 5) is 42.5. The second-order valence-corrected chi connectivity index (χ2v) is 4.51. The zero-order valence-corrected chi connectivity index (χ0v) is 14.7. The monoisotopic (exact) mass is 365 g/mol. The topological polar surface area (TPSA) is 307 Å². The fraction of sp³-hybridized carbons (Fsp3) is 0.600. The van der Waals surface area contributed by atoms with Crippen molar-refractivity contribution in [2.24, 2.45) is 11.5 Å². The van der Waals surface area contributed by atoms with Crippen LogP contribution in [0.3, 0.4) is 0 Å². The standard InChI is InChI=1S/C10H16N2O8.Na.3H2O/c11-9(1-5(13)14,2-6(15)16)10(12,3-7(17)18)4-8(19)20;;;;/h1-4,11-12H2,(H,13,14)(H,15,16)(H,17,18)(H,19,20);;3*1H2/q;+1;;;/p-4. The van der Waals surface area contributed by atoms with Crippen molar-refractivity contribution in [3.05, 3.63) is 0 Å². The van der Waals surface area contributed by atoms with Crippen molar-refractivity contribution in [3.63, 3.8) is 0 Å². The van der Waals surface area contributed by atoms with Gasteiger partial charge in [0.15, 0.2) is 0 Å². The summed E-state index contributed by atoms with van der Waals surface area (Å²) in [6.07, 6.45) is -4.73. The molecule has 0 heterocycles. The number of hydrogen-bond donors (Lipinski definition) is 2. The summed E-state index contributed by atoms with van der Waals surface area (Å²) >= 11 is 0. The van der Waals surface area contributed by atoms with Gasteiger partial charge in [0, 0.05) is 60.6 Å². The molecule has 138 valence electrons. The maximum Gasteiger partial charge on any atom is 1.00 e. The predicted molar refractivity (Wildman–Crippen MR) is 63.2 cm³/mol. The number of carbonyl (C=O) groups excluding carboxylic acids is 4. The molecule has 0 unspecified atom stereocenters. The Morgan fingerprint density at radius 2 is 0.708 bits per heavy atom. The van der Waals surface area contributed by atoms with Crippen molar-refractivity contribution in [2.45, 2.75) is 36.8 Å². The fourth-order valence-electron chi connectivity index (χ4n) is 1.86. The molecule has 14 heteroatoms. The first-order chi connectivity index (χ1) is 8.92. The number of hydrogen-bond acceptors (Lipinski definition) is 10. The van der Waals surface area contributed by atoms with E-state index in [2.05, 4.69) is 0 Å². The number of rotatable bonds is 9. The first-order valence-corrected chi connectivity index (χ1v) is 5.29. The third-order valence-electron chi connectivity index (χ3n) is 2.83. The van der Waals surface area contributed by atoms with Crippen molar-refractivity contribution in [3.8, 4) is 0 Å². The number of aliphatic carboxylic acids is 4. The van der Waals surface area contributed by atoms with Gasteiger partial charge in [-0.25, -0.2) is 0 Å². The van der Waals surface area contributed by atoms with E-state index in [0.29, 0.717) is 0 Å². The Labute approximate surface area is 157 Å². The molecule has 0 amide bonds. The second-order valence-electron chi connectivity index (χ2n) is 4.51. The Morgan fingerprint density at radius 1 is 0.583 bits per heavy atom. The third kappa shape index (κ3) is 10.5. The Morgan fingerprint density at radius 3 is 0.792 bits per heavy atom. The molecule has 0 bridgehead atoms. The van der Waals surface area contributed by atoms with Gasteiger partial charge < -0.3 is 67.5 Å². The van der Waals surface area contributed by atoms with Crippen LogP contribution < -0.4 is 61.5 Å². The van der Waals surface area contributed by atoms with Gasteiger partial charge in [0.2, 0.25) is 0 Å². The Bertz CT molecular complexity index is 371. The van der Waals surface area contributed by atoms with Crippen LogP contribution in [0.2, 0.25) is 0 Å². The van der Waals surface area contributed by atoms with E-state index in [4.69, 9.17) is 11.5 Å². The van der Waals surface area contributed by atoms with Gasteiger partial charge in [0.05, 0.1) is 0 Å². The molecule has 0 aromatic carbocycles. The maximum atomic E-state index is 10.6. The zero-order chi connectivity index (χ0) is 16.1. The van der Waals surface area contributed by atoms with Gasteiger partial charge in [0.25, 0.3) is 0 Å². The molecular weight excluding hydrogens is 347 g/mol. The molecule has 0 aliphatic carbocycles. The van der Waals surface area contributed by atoms with E-state index in [0.717, 1.165) is 0 Å². The minimum Gasteiger partial charge on any atom is -0.550 e. The largest absolute Gasteiger partial charge is 1.00 e. The van der Waals surface area contributed by atoms with Crippen molar-refractivity contribution in [2.75, 3.05) is 0 Å². The summed E-state index contributed by atoms with van der Waals surface area (Å²) in [5.41, 5.74) is 6.20. The van der Waals surface area contributed by atoms with Crippen LogP contribution in [-0.4, -0.2) is 51.4 Å². The summed E-state index contributed by atoms with van der Waals surface area (Å²) in [5.74, 6) is -7.33. The van der Waals surface area contributed by atoms with E-state index in [9.17, 15) is 39.6 Å². The maximum absolute atomic E-state index is 10.6. The average Bonchev–Trinajstić information content (AvgIpc) is 2.10. The molecule has 0 aromatic heterocycles. The number of carboxylic acid groups (broad SMARTS) is 4. The number of carbonyl (C=O) groups is 4. The minimum absolute atomic E-state index is 0. The van der Waals surface area contributed by atoms with E-state index in [1.54, 1.807) is 0 Å². The third-order valence-corrected chi connectivity index (χ3v) is 2.83. The van der Waals surface area contributed by atoms with Crippen LogP contribution in [-0.2, 0) is 19.2 Å². The Hall–Kier alpha value is -1.32. The predicted octanol–water partition coefficient (Wildman–Crippen LogP) is -12.5. The molecule has 0 aliphatic heterocycles. The molecular formula is C10H18N2NaO11-3. The summed E-state index contributed by atoms with van der Waals surface area (Å²) < 4.78 is 0. The molecule has 0 aromatic rings. The Kier molecular flexibility index (Phi) is 18.5. The van der Waals surface area contributed by atoms with E-state index < -0.39 is 60.6 Å². The van der Waals surface area contributed by atoms with Gasteiger partial charge in [-0.15, -0.1) is 0 Å². The van der Waals surface area contributed by atoms with Gasteiger partial charge in [-0.1, -0.05) is 0 Å². The van der Waals surface area contributed by atoms with Crippen molar-refractivity contribution >= 4 is 23.9 Å². The molecule has 0 saturated carbocycles. The van der Waals surface area contributed by atoms with Crippen LogP contribution in [0.25, 0.3) is 0 Å². The van der Waals surface area contributed by atoms with Crippen LogP contribution >= 0.6 is 0 Å². The van der Waals surface area contributed by atoms with Crippen molar-refractivity contribution < 1.29 is 85.6 Å². The van der Waals surface area contributed by atoms with Gasteiger partial charge in [-0.3, -0.25) is 0 Å². The molecule has 0 saturated heterocycles. The second kappa shape index (κ2) is 13.0. The summed E-state index contributed by atoms with van der Waals surface area (Å²) in [6, 6.07) is 0. The number of nitrogens with two attached hydrogens (primary N) is 2.